The standard InChI is InChI=1S/C58H47BN2O2/c1-57(2)58(3,4)63-59(62-57)50-36-48(53-27-13-11-25-51(53)46-29-31-55(60-38-46)44-23-15-21-42(33-44)40-17-7-5-8-18-40)35-49(37-50)54-28-14-12-26-52(54)47-30-32-56(61-39-47)45-24-16-22-43(34-45)41-19-9-6-10-20-41/h5-39H,1-4H3. The summed E-state index contributed by atoms with van der Waals surface area (Å²) in [7, 11) is -0.548. The van der Waals surface area contributed by atoms with Gasteiger partial charge in [-0.05, 0) is 119 Å². The molecule has 0 spiro atoms. The summed E-state index contributed by atoms with van der Waals surface area (Å²) in [6.45, 7) is 8.41. The first-order valence-corrected chi connectivity index (χ1v) is 21.6. The number of aromatic nitrogens is 2. The van der Waals surface area contributed by atoms with Crippen molar-refractivity contribution >= 4 is 12.6 Å². The van der Waals surface area contributed by atoms with Gasteiger partial charge in [-0.3, -0.25) is 9.97 Å². The maximum atomic E-state index is 6.70. The minimum absolute atomic E-state index is 0.494. The second kappa shape index (κ2) is 16.6. The van der Waals surface area contributed by atoms with Gasteiger partial charge in [0.25, 0.3) is 0 Å². The van der Waals surface area contributed by atoms with Gasteiger partial charge in [0.05, 0.1) is 22.6 Å². The normalized spacial score (nSPS) is 14.1. The van der Waals surface area contributed by atoms with Gasteiger partial charge < -0.3 is 9.31 Å². The van der Waals surface area contributed by atoms with E-state index in [1.54, 1.807) is 0 Å². The topological polar surface area (TPSA) is 44.2 Å². The summed E-state index contributed by atoms with van der Waals surface area (Å²) in [6, 6.07) is 70.6. The minimum atomic E-state index is -0.548. The Hall–Kier alpha value is -7.18. The Morgan fingerprint density at radius 3 is 1.06 bits per heavy atom. The Kier molecular flexibility index (Phi) is 10.5. The van der Waals surface area contributed by atoms with Crippen LogP contribution in [0.15, 0.2) is 213 Å². The molecule has 0 saturated carbocycles. The molecule has 0 unspecified atom stereocenters. The van der Waals surface area contributed by atoms with Crippen LogP contribution in [0.2, 0.25) is 0 Å². The van der Waals surface area contributed by atoms with E-state index in [0.717, 1.165) is 72.5 Å². The molecule has 4 nitrogen and oxygen atoms in total. The van der Waals surface area contributed by atoms with Gasteiger partial charge in [-0.15, -0.1) is 0 Å². The van der Waals surface area contributed by atoms with Gasteiger partial charge in [-0.1, -0.05) is 170 Å². The van der Waals surface area contributed by atoms with Crippen molar-refractivity contribution in [1.82, 2.24) is 9.97 Å². The van der Waals surface area contributed by atoms with Crippen LogP contribution in [0.1, 0.15) is 27.7 Å². The van der Waals surface area contributed by atoms with E-state index in [0.29, 0.717) is 0 Å². The van der Waals surface area contributed by atoms with Crippen LogP contribution in [0, 0.1) is 0 Å². The Labute approximate surface area is 371 Å². The fraction of sp³-hybridized carbons (Fsp3) is 0.103. The number of hydrogen-bond acceptors (Lipinski definition) is 4. The zero-order valence-electron chi connectivity index (χ0n) is 36.0. The minimum Gasteiger partial charge on any atom is -0.399 e. The van der Waals surface area contributed by atoms with E-state index in [4.69, 9.17) is 19.3 Å². The molecule has 9 aromatic rings. The maximum absolute atomic E-state index is 6.70. The van der Waals surface area contributed by atoms with Crippen LogP contribution in [0.4, 0.5) is 0 Å². The van der Waals surface area contributed by atoms with E-state index in [1.807, 2.05) is 24.5 Å². The van der Waals surface area contributed by atoms with Crippen LogP contribution in [-0.2, 0) is 9.31 Å². The van der Waals surface area contributed by atoms with E-state index in [1.165, 1.54) is 22.3 Å². The van der Waals surface area contributed by atoms with Crippen LogP contribution in [0.5, 0.6) is 0 Å². The molecule has 63 heavy (non-hydrogen) atoms. The summed E-state index contributed by atoms with van der Waals surface area (Å²) in [5.74, 6) is 0. The lowest BCUT2D eigenvalue weighted by atomic mass is 9.75. The molecular weight excluding hydrogens is 767 g/mol. The average molecular weight is 815 g/mol. The first kappa shape index (κ1) is 39.9. The highest BCUT2D eigenvalue weighted by molar-refractivity contribution is 6.62. The molecule has 7 aromatic carbocycles. The molecule has 0 radical (unpaired) electrons. The maximum Gasteiger partial charge on any atom is 0.494 e. The molecule has 1 aliphatic rings. The van der Waals surface area contributed by atoms with Crippen LogP contribution in [0.25, 0.3) is 89.3 Å². The summed E-state index contributed by atoms with van der Waals surface area (Å²) >= 11 is 0. The SMILES string of the molecule is CC1(C)OB(c2cc(-c3ccccc3-c3ccc(-c4cccc(-c5ccccc5)c4)nc3)cc(-c3ccccc3-c3ccc(-c4cccc(-c5ccccc5)c4)nc3)c2)OC1(C)C. The lowest BCUT2D eigenvalue weighted by Crippen LogP contribution is -2.41. The molecule has 1 aliphatic heterocycles. The molecule has 0 aliphatic carbocycles. The second-order valence-electron chi connectivity index (χ2n) is 17.3. The first-order chi connectivity index (χ1) is 30.7. The summed E-state index contributed by atoms with van der Waals surface area (Å²) < 4.78 is 13.4. The van der Waals surface area contributed by atoms with Crippen LogP contribution >= 0.6 is 0 Å². The molecule has 304 valence electrons. The van der Waals surface area contributed by atoms with Crippen molar-refractivity contribution in [2.45, 2.75) is 38.9 Å². The molecule has 0 atom stereocenters. The quantitative estimate of drug-likeness (QED) is 0.136. The Bertz CT molecular complexity index is 2850. The van der Waals surface area contributed by atoms with E-state index in [2.05, 4.69) is 216 Å². The van der Waals surface area contributed by atoms with Crippen LogP contribution in [-0.4, -0.2) is 28.3 Å². The summed E-state index contributed by atoms with van der Waals surface area (Å²) in [6.07, 6.45) is 3.98. The number of benzene rings is 7. The summed E-state index contributed by atoms with van der Waals surface area (Å²) in [5, 5.41) is 0. The van der Waals surface area contributed by atoms with Gasteiger partial charge in [-0.25, -0.2) is 0 Å². The van der Waals surface area contributed by atoms with Crippen molar-refractivity contribution in [1.29, 1.82) is 0 Å². The smallest absolute Gasteiger partial charge is 0.399 e. The Morgan fingerprint density at radius 1 is 0.317 bits per heavy atom. The zero-order chi connectivity index (χ0) is 43.0. The van der Waals surface area contributed by atoms with Gasteiger partial charge in [-0.2, -0.15) is 0 Å². The third-order valence-electron chi connectivity index (χ3n) is 12.6. The van der Waals surface area contributed by atoms with E-state index < -0.39 is 18.3 Å². The molecule has 2 aromatic heterocycles. The summed E-state index contributed by atoms with van der Waals surface area (Å²) in [5.41, 5.74) is 17.3. The lowest BCUT2D eigenvalue weighted by Gasteiger charge is -2.32. The second-order valence-corrected chi connectivity index (χ2v) is 17.3. The van der Waals surface area contributed by atoms with Gasteiger partial charge >= 0.3 is 7.12 Å². The third kappa shape index (κ3) is 8.05. The molecule has 1 fully saturated rings. The van der Waals surface area contributed by atoms with Crippen molar-refractivity contribution in [3.8, 4) is 89.3 Å². The predicted octanol–water partition coefficient (Wildman–Crippen LogP) is 14.1. The average Bonchev–Trinajstić information content (AvgIpc) is 3.57. The molecule has 0 N–H and O–H groups in total. The molecular formula is C58H47BN2O2. The highest BCUT2D eigenvalue weighted by Crippen LogP contribution is 2.40. The van der Waals surface area contributed by atoms with E-state index in [-0.39, 0.29) is 0 Å². The molecule has 0 bridgehead atoms. The number of hydrogen-bond donors (Lipinski definition) is 0. The highest BCUT2D eigenvalue weighted by atomic mass is 16.7. The van der Waals surface area contributed by atoms with Gasteiger partial charge in [0.15, 0.2) is 0 Å². The molecule has 5 heteroatoms. The van der Waals surface area contributed by atoms with Crippen LogP contribution in [0.3, 0.4) is 0 Å². The van der Waals surface area contributed by atoms with Crippen molar-refractivity contribution in [2.75, 3.05) is 0 Å². The van der Waals surface area contributed by atoms with Gasteiger partial charge in [0.1, 0.15) is 0 Å². The summed E-state index contributed by atoms with van der Waals surface area (Å²) in [4.78, 5) is 10.0. The van der Waals surface area contributed by atoms with Gasteiger partial charge in [0.2, 0.25) is 0 Å². The number of rotatable bonds is 9. The molecule has 10 rings (SSSR count). The van der Waals surface area contributed by atoms with E-state index >= 15 is 0 Å². The molecule has 0 amide bonds. The number of nitrogens with zero attached hydrogens (tertiary/aromatic N) is 2. The van der Waals surface area contributed by atoms with Crippen molar-refractivity contribution in [3.05, 3.63) is 213 Å². The third-order valence-corrected chi connectivity index (χ3v) is 12.6. The highest BCUT2D eigenvalue weighted by Gasteiger charge is 2.51. The number of pyridine rings is 2. The van der Waals surface area contributed by atoms with Crippen molar-refractivity contribution in [2.24, 2.45) is 0 Å². The fourth-order valence-electron chi connectivity index (χ4n) is 8.48. The predicted molar refractivity (Wildman–Crippen MR) is 261 cm³/mol. The lowest BCUT2D eigenvalue weighted by molar-refractivity contribution is 0.00578. The van der Waals surface area contributed by atoms with Crippen molar-refractivity contribution in [3.63, 3.8) is 0 Å². The van der Waals surface area contributed by atoms with Crippen LogP contribution < -0.4 is 5.46 Å². The Balaban J connectivity index is 1.03. The van der Waals surface area contributed by atoms with Gasteiger partial charge in [0, 0.05) is 34.6 Å². The van der Waals surface area contributed by atoms with E-state index in [9.17, 15) is 0 Å². The monoisotopic (exact) mass is 814 g/mol. The first-order valence-electron chi connectivity index (χ1n) is 21.6. The van der Waals surface area contributed by atoms with Crippen molar-refractivity contribution < 1.29 is 9.31 Å². The Morgan fingerprint density at radius 2 is 0.667 bits per heavy atom. The largest absolute Gasteiger partial charge is 0.494 e. The molecule has 1 saturated heterocycles. The fourth-order valence-corrected chi connectivity index (χ4v) is 8.48. The molecule has 3 heterocycles. The zero-order valence-corrected chi connectivity index (χ0v) is 36.0.